The Morgan fingerprint density at radius 1 is 1.40 bits per heavy atom. The summed E-state index contributed by atoms with van der Waals surface area (Å²) in [5.41, 5.74) is 2.00. The van der Waals surface area contributed by atoms with Crippen molar-refractivity contribution in [1.29, 1.82) is 0 Å². The number of ether oxygens (including phenoxy) is 1. The van der Waals surface area contributed by atoms with E-state index in [0.29, 0.717) is 0 Å². The van der Waals surface area contributed by atoms with Crippen LogP contribution in [0.1, 0.15) is 57.6 Å². The first-order valence-corrected chi connectivity index (χ1v) is 7.27. The minimum atomic E-state index is -0.410. The number of benzene rings is 1. The standard InChI is InChI=1S/C17H23NO2/c1-5-16(2,3)13-7-8-15(20-4)14(11-13)17(18-12-19)9-6-10-17/h7-8,11H,5-6,9-10H2,1-4H3. The molecule has 0 spiro atoms. The maximum Gasteiger partial charge on any atom is 0.235 e. The number of aliphatic imine (C=N–C) groups is 1. The lowest BCUT2D eigenvalue weighted by Gasteiger charge is -2.38. The second-order valence-corrected chi connectivity index (χ2v) is 6.24. The highest BCUT2D eigenvalue weighted by Crippen LogP contribution is 2.49. The third-order valence-electron chi connectivity index (χ3n) is 4.81. The second-order valence-electron chi connectivity index (χ2n) is 6.24. The van der Waals surface area contributed by atoms with Crippen LogP contribution in [0, 0.1) is 0 Å². The van der Waals surface area contributed by atoms with Gasteiger partial charge in [-0.3, -0.25) is 0 Å². The van der Waals surface area contributed by atoms with Gasteiger partial charge in [-0.1, -0.05) is 26.8 Å². The number of rotatable bonds is 5. The molecule has 1 saturated carbocycles. The predicted molar refractivity (Wildman–Crippen MR) is 80.0 cm³/mol. The Labute approximate surface area is 121 Å². The van der Waals surface area contributed by atoms with Gasteiger partial charge in [0.25, 0.3) is 0 Å². The summed E-state index contributed by atoms with van der Waals surface area (Å²) >= 11 is 0. The fourth-order valence-corrected chi connectivity index (χ4v) is 2.74. The highest BCUT2D eigenvalue weighted by molar-refractivity contribution is 5.48. The molecule has 0 unspecified atom stereocenters. The number of hydrogen-bond acceptors (Lipinski definition) is 3. The van der Waals surface area contributed by atoms with Crippen LogP contribution in [-0.4, -0.2) is 13.2 Å². The molecule has 3 nitrogen and oxygen atoms in total. The van der Waals surface area contributed by atoms with Crippen molar-refractivity contribution in [2.75, 3.05) is 7.11 Å². The smallest absolute Gasteiger partial charge is 0.235 e. The molecule has 1 aliphatic rings. The fraction of sp³-hybridized carbons (Fsp3) is 0.588. The van der Waals surface area contributed by atoms with E-state index in [9.17, 15) is 4.79 Å². The van der Waals surface area contributed by atoms with E-state index < -0.39 is 5.54 Å². The molecule has 20 heavy (non-hydrogen) atoms. The summed E-state index contributed by atoms with van der Waals surface area (Å²) in [6.07, 6.45) is 5.70. The zero-order chi connectivity index (χ0) is 14.8. The summed E-state index contributed by atoms with van der Waals surface area (Å²) in [5, 5.41) is 0. The molecule has 0 bridgehead atoms. The van der Waals surface area contributed by atoms with Gasteiger partial charge in [0.2, 0.25) is 6.08 Å². The fourth-order valence-electron chi connectivity index (χ4n) is 2.74. The van der Waals surface area contributed by atoms with E-state index in [4.69, 9.17) is 4.74 Å². The molecule has 3 heteroatoms. The quantitative estimate of drug-likeness (QED) is 0.598. The van der Waals surface area contributed by atoms with E-state index in [-0.39, 0.29) is 5.41 Å². The van der Waals surface area contributed by atoms with Gasteiger partial charge in [-0.05, 0) is 48.8 Å². The van der Waals surface area contributed by atoms with Crippen LogP contribution in [0.4, 0.5) is 0 Å². The molecule has 0 radical (unpaired) electrons. The summed E-state index contributed by atoms with van der Waals surface area (Å²) in [6, 6.07) is 6.29. The van der Waals surface area contributed by atoms with Crippen LogP contribution in [-0.2, 0) is 15.7 Å². The van der Waals surface area contributed by atoms with Gasteiger partial charge in [-0.15, -0.1) is 0 Å². The van der Waals surface area contributed by atoms with Crippen LogP contribution in [0.2, 0.25) is 0 Å². The Balaban J connectivity index is 2.55. The Kier molecular flexibility index (Phi) is 4.01. The van der Waals surface area contributed by atoms with Gasteiger partial charge < -0.3 is 4.74 Å². The predicted octanol–water partition coefficient (Wildman–Crippen LogP) is 4.10. The van der Waals surface area contributed by atoms with Gasteiger partial charge in [-0.25, -0.2) is 4.79 Å². The van der Waals surface area contributed by atoms with Gasteiger partial charge in [0.05, 0.1) is 7.11 Å². The Hall–Kier alpha value is -1.60. The monoisotopic (exact) mass is 273 g/mol. The molecule has 108 valence electrons. The lowest BCUT2D eigenvalue weighted by molar-refractivity contribution is 0.245. The third-order valence-corrected chi connectivity index (χ3v) is 4.81. The third kappa shape index (κ3) is 2.38. The van der Waals surface area contributed by atoms with Crippen molar-refractivity contribution in [3.8, 4) is 5.75 Å². The maximum atomic E-state index is 10.8. The van der Waals surface area contributed by atoms with Crippen LogP contribution < -0.4 is 4.74 Å². The molecule has 0 atom stereocenters. The molecule has 0 amide bonds. The topological polar surface area (TPSA) is 38.7 Å². The van der Waals surface area contributed by atoms with Gasteiger partial charge >= 0.3 is 0 Å². The first-order valence-electron chi connectivity index (χ1n) is 7.27. The first kappa shape index (κ1) is 14.8. The average molecular weight is 273 g/mol. The SMILES string of the molecule is CCC(C)(C)c1ccc(OC)c(C2(N=C=O)CCC2)c1. The van der Waals surface area contributed by atoms with Gasteiger partial charge in [-0.2, -0.15) is 4.99 Å². The second kappa shape index (κ2) is 5.41. The number of nitrogens with zero attached hydrogens (tertiary/aromatic N) is 1. The molecule has 2 rings (SSSR count). The van der Waals surface area contributed by atoms with Crippen molar-refractivity contribution in [2.45, 2.75) is 57.4 Å². The molecule has 1 aliphatic carbocycles. The number of isocyanates is 1. The van der Waals surface area contributed by atoms with E-state index in [1.807, 2.05) is 6.07 Å². The van der Waals surface area contributed by atoms with Gasteiger partial charge in [0.1, 0.15) is 11.3 Å². The molecular formula is C17H23NO2. The molecule has 1 aromatic rings. The highest BCUT2D eigenvalue weighted by atomic mass is 16.5. The molecular weight excluding hydrogens is 250 g/mol. The highest BCUT2D eigenvalue weighted by Gasteiger charge is 2.41. The number of hydrogen-bond donors (Lipinski definition) is 0. The van der Waals surface area contributed by atoms with Gasteiger partial charge in [0.15, 0.2) is 0 Å². The van der Waals surface area contributed by atoms with Crippen molar-refractivity contribution in [3.05, 3.63) is 29.3 Å². The summed E-state index contributed by atoms with van der Waals surface area (Å²) in [7, 11) is 1.67. The van der Waals surface area contributed by atoms with Crippen molar-refractivity contribution in [2.24, 2.45) is 4.99 Å². The summed E-state index contributed by atoms with van der Waals surface area (Å²) in [5.74, 6) is 0.819. The van der Waals surface area contributed by atoms with Crippen LogP contribution in [0.25, 0.3) is 0 Å². The summed E-state index contributed by atoms with van der Waals surface area (Å²) < 4.78 is 5.49. The molecule has 1 aromatic carbocycles. The summed E-state index contributed by atoms with van der Waals surface area (Å²) in [6.45, 7) is 6.65. The van der Waals surface area contributed by atoms with Crippen molar-refractivity contribution < 1.29 is 9.53 Å². The molecule has 0 aliphatic heterocycles. The van der Waals surface area contributed by atoms with E-state index >= 15 is 0 Å². The van der Waals surface area contributed by atoms with Crippen molar-refractivity contribution >= 4 is 6.08 Å². The van der Waals surface area contributed by atoms with Gasteiger partial charge in [0, 0.05) is 5.56 Å². The lowest BCUT2D eigenvalue weighted by Crippen LogP contribution is -2.33. The minimum absolute atomic E-state index is 0.108. The Morgan fingerprint density at radius 3 is 2.55 bits per heavy atom. The Morgan fingerprint density at radius 2 is 2.10 bits per heavy atom. The zero-order valence-corrected chi connectivity index (χ0v) is 12.8. The molecule has 0 aromatic heterocycles. The summed E-state index contributed by atoms with van der Waals surface area (Å²) in [4.78, 5) is 14.9. The molecule has 1 fully saturated rings. The lowest BCUT2D eigenvalue weighted by atomic mass is 9.70. The minimum Gasteiger partial charge on any atom is -0.496 e. The van der Waals surface area contributed by atoms with Crippen LogP contribution in [0.3, 0.4) is 0 Å². The first-order chi connectivity index (χ1) is 9.49. The van der Waals surface area contributed by atoms with Crippen molar-refractivity contribution in [1.82, 2.24) is 0 Å². The van der Waals surface area contributed by atoms with Crippen molar-refractivity contribution in [3.63, 3.8) is 0 Å². The molecule has 0 heterocycles. The zero-order valence-electron chi connectivity index (χ0n) is 12.8. The van der Waals surface area contributed by atoms with E-state index in [1.165, 1.54) is 5.56 Å². The molecule has 0 N–H and O–H groups in total. The maximum absolute atomic E-state index is 10.8. The van der Waals surface area contributed by atoms with Crippen LogP contribution in [0.15, 0.2) is 23.2 Å². The number of methoxy groups -OCH3 is 1. The molecule has 0 saturated heterocycles. The number of carbonyl (C=O) groups excluding carboxylic acids is 1. The average Bonchev–Trinajstić information content (AvgIpc) is 2.42. The van der Waals surface area contributed by atoms with Crippen LogP contribution in [0.5, 0.6) is 5.75 Å². The van der Waals surface area contributed by atoms with Crippen LogP contribution >= 0.6 is 0 Å². The normalized spacial score (nSPS) is 17.0. The van der Waals surface area contributed by atoms with E-state index in [0.717, 1.165) is 37.0 Å². The largest absolute Gasteiger partial charge is 0.496 e. The van der Waals surface area contributed by atoms with E-state index in [1.54, 1.807) is 13.2 Å². The Bertz CT molecular complexity index is 538. The van der Waals surface area contributed by atoms with E-state index in [2.05, 4.69) is 37.9 Å².